The number of hydrogen-bond acceptors (Lipinski definition) is 4. The molecule has 0 atom stereocenters. The monoisotopic (exact) mass is 437 g/mol. The molecule has 25 heavy (non-hydrogen) atoms. The molecule has 0 aliphatic heterocycles. The maximum atomic E-state index is 8.73. The second-order valence-corrected chi connectivity index (χ2v) is 7.75. The van der Waals surface area contributed by atoms with Gasteiger partial charge in [-0.05, 0) is 51.4 Å². The molecule has 4 N–H and O–H groups in total. The molecule has 0 heterocycles. The zero-order valence-corrected chi connectivity index (χ0v) is 18.1. The first-order chi connectivity index (χ1) is 11.6. The van der Waals surface area contributed by atoms with Crippen LogP contribution in [0.25, 0.3) is 0 Å². The van der Waals surface area contributed by atoms with Crippen LogP contribution in [0.1, 0.15) is 103 Å². The molecule has 0 aromatic heterocycles. The summed E-state index contributed by atoms with van der Waals surface area (Å²) < 4.78 is 0. The van der Waals surface area contributed by atoms with E-state index in [2.05, 4.69) is 0 Å². The van der Waals surface area contributed by atoms with Gasteiger partial charge < -0.3 is 20.4 Å². The summed E-state index contributed by atoms with van der Waals surface area (Å²) in [5.41, 5.74) is 0. The standard InChI is InChI=1S/4C5H10O.Nb/c4*6-5-3-1-2-4-5;/h4*5-6H,1-4H2;. The molecule has 0 unspecified atom stereocenters. The van der Waals surface area contributed by atoms with Crippen LogP contribution in [0, 0.1) is 0 Å². The van der Waals surface area contributed by atoms with E-state index in [1.165, 1.54) is 51.4 Å². The quantitative estimate of drug-likeness (QED) is 0.436. The van der Waals surface area contributed by atoms with E-state index in [-0.39, 0.29) is 46.8 Å². The van der Waals surface area contributed by atoms with Crippen molar-refractivity contribution in [2.24, 2.45) is 0 Å². The van der Waals surface area contributed by atoms with Gasteiger partial charge in [-0.3, -0.25) is 0 Å². The van der Waals surface area contributed by atoms with Gasteiger partial charge in [0.1, 0.15) is 0 Å². The number of aliphatic hydroxyl groups is 4. The fourth-order valence-electron chi connectivity index (χ4n) is 3.62. The van der Waals surface area contributed by atoms with Crippen molar-refractivity contribution in [3.63, 3.8) is 0 Å². The van der Waals surface area contributed by atoms with Crippen LogP contribution in [-0.4, -0.2) is 44.8 Å². The van der Waals surface area contributed by atoms with Crippen molar-refractivity contribution in [2.45, 2.75) is 127 Å². The molecule has 0 spiro atoms. The summed E-state index contributed by atoms with van der Waals surface area (Å²) in [7, 11) is 0. The molecule has 5 heteroatoms. The zero-order chi connectivity index (χ0) is 17.6. The Hall–Kier alpha value is 0.580. The first-order valence-electron chi connectivity index (χ1n) is 10.3. The van der Waals surface area contributed by atoms with E-state index in [9.17, 15) is 0 Å². The summed E-state index contributed by atoms with van der Waals surface area (Å²) in [6.07, 6.45) is 18.4. The Morgan fingerprint density at radius 3 is 0.480 bits per heavy atom. The predicted octanol–water partition coefficient (Wildman–Crippen LogP) is 3.68. The summed E-state index contributed by atoms with van der Waals surface area (Å²) in [6.45, 7) is 0. The molecule has 4 saturated carbocycles. The third kappa shape index (κ3) is 15.3. The first kappa shape index (κ1) is 25.6. The number of hydrogen-bond donors (Lipinski definition) is 4. The van der Waals surface area contributed by atoms with Crippen LogP contribution in [0.5, 0.6) is 0 Å². The van der Waals surface area contributed by atoms with Gasteiger partial charge in [0, 0.05) is 22.4 Å². The summed E-state index contributed by atoms with van der Waals surface area (Å²) in [4.78, 5) is 0. The molecule has 4 fully saturated rings. The molecule has 0 saturated heterocycles. The molecule has 4 rings (SSSR count). The topological polar surface area (TPSA) is 80.9 Å². The van der Waals surface area contributed by atoms with Gasteiger partial charge in [0.15, 0.2) is 0 Å². The van der Waals surface area contributed by atoms with Crippen LogP contribution in [0.2, 0.25) is 0 Å². The van der Waals surface area contributed by atoms with Gasteiger partial charge in [-0.2, -0.15) is 0 Å². The van der Waals surface area contributed by atoms with Crippen molar-refractivity contribution in [1.82, 2.24) is 0 Å². The number of rotatable bonds is 0. The van der Waals surface area contributed by atoms with Gasteiger partial charge in [-0.15, -0.1) is 0 Å². The third-order valence-corrected chi connectivity index (χ3v) is 5.30. The van der Waals surface area contributed by atoms with Crippen LogP contribution >= 0.6 is 0 Å². The molecule has 0 aromatic rings. The SMILES string of the molecule is OC1CCCC1.OC1CCCC1.OC1CCCC1.OC1CCCC1.[Nb]. The Labute approximate surface area is 169 Å². The molecule has 149 valence electrons. The summed E-state index contributed by atoms with van der Waals surface area (Å²) in [5, 5.41) is 34.9. The minimum absolute atomic E-state index is 0. The number of aliphatic hydroxyl groups excluding tert-OH is 4. The Kier molecular flexibility index (Phi) is 17.1. The molecule has 1 radical (unpaired) electrons. The van der Waals surface area contributed by atoms with Gasteiger partial charge in [-0.1, -0.05) is 51.4 Å². The second-order valence-electron chi connectivity index (χ2n) is 7.75. The zero-order valence-electron chi connectivity index (χ0n) is 15.9. The van der Waals surface area contributed by atoms with E-state index in [1.807, 2.05) is 0 Å². The van der Waals surface area contributed by atoms with E-state index in [1.54, 1.807) is 0 Å². The summed E-state index contributed by atoms with van der Waals surface area (Å²) in [6, 6.07) is 0. The smallest absolute Gasteiger partial charge is 0.0540 e. The van der Waals surface area contributed by atoms with Crippen molar-refractivity contribution in [3.8, 4) is 0 Å². The fraction of sp³-hybridized carbons (Fsp3) is 1.00. The molecular weight excluding hydrogens is 397 g/mol. The largest absolute Gasteiger partial charge is 0.393 e. The Bertz CT molecular complexity index is 211. The average molecular weight is 437 g/mol. The van der Waals surface area contributed by atoms with Crippen molar-refractivity contribution < 1.29 is 42.8 Å². The van der Waals surface area contributed by atoms with E-state index in [0.717, 1.165) is 51.4 Å². The van der Waals surface area contributed by atoms with E-state index in [0.29, 0.717) is 0 Å². The van der Waals surface area contributed by atoms with Gasteiger partial charge in [0.25, 0.3) is 0 Å². The van der Waals surface area contributed by atoms with Crippen LogP contribution in [0.15, 0.2) is 0 Å². The van der Waals surface area contributed by atoms with Crippen molar-refractivity contribution in [2.75, 3.05) is 0 Å². The van der Waals surface area contributed by atoms with Gasteiger partial charge in [0.2, 0.25) is 0 Å². The van der Waals surface area contributed by atoms with Crippen molar-refractivity contribution in [1.29, 1.82) is 0 Å². The minimum Gasteiger partial charge on any atom is -0.393 e. The van der Waals surface area contributed by atoms with Gasteiger partial charge in [-0.25, -0.2) is 0 Å². The molecular formula is C20H40NbO4. The van der Waals surface area contributed by atoms with Gasteiger partial charge in [0.05, 0.1) is 24.4 Å². The minimum atomic E-state index is 0. The second kappa shape index (κ2) is 16.7. The molecule has 0 aromatic carbocycles. The molecule has 4 aliphatic rings. The summed E-state index contributed by atoms with van der Waals surface area (Å²) >= 11 is 0. The molecule has 4 aliphatic carbocycles. The molecule has 4 nitrogen and oxygen atoms in total. The van der Waals surface area contributed by atoms with Crippen LogP contribution in [0.4, 0.5) is 0 Å². The normalized spacial score (nSPS) is 24.5. The average Bonchev–Trinajstić information content (AvgIpc) is 3.31. The Balaban J connectivity index is 0.000000303. The maximum Gasteiger partial charge on any atom is 0.0540 e. The molecule has 0 amide bonds. The first-order valence-corrected chi connectivity index (χ1v) is 10.3. The Morgan fingerprint density at radius 2 is 0.440 bits per heavy atom. The van der Waals surface area contributed by atoms with E-state index in [4.69, 9.17) is 20.4 Å². The van der Waals surface area contributed by atoms with E-state index < -0.39 is 0 Å². The van der Waals surface area contributed by atoms with Gasteiger partial charge >= 0.3 is 0 Å². The van der Waals surface area contributed by atoms with Crippen LogP contribution < -0.4 is 0 Å². The Morgan fingerprint density at radius 1 is 0.320 bits per heavy atom. The third-order valence-electron chi connectivity index (χ3n) is 5.30. The van der Waals surface area contributed by atoms with Crippen LogP contribution in [0.3, 0.4) is 0 Å². The van der Waals surface area contributed by atoms with Crippen LogP contribution in [-0.2, 0) is 22.4 Å². The maximum absolute atomic E-state index is 8.73. The van der Waals surface area contributed by atoms with Crippen molar-refractivity contribution >= 4 is 0 Å². The van der Waals surface area contributed by atoms with Crippen molar-refractivity contribution in [3.05, 3.63) is 0 Å². The summed E-state index contributed by atoms with van der Waals surface area (Å²) in [5.74, 6) is 0. The fourth-order valence-corrected chi connectivity index (χ4v) is 3.62. The molecule has 0 bridgehead atoms. The predicted molar refractivity (Wildman–Crippen MR) is 97.9 cm³/mol. The van der Waals surface area contributed by atoms with E-state index >= 15 is 0 Å².